The number of imidazole rings is 2. The number of aldehydes is 1. The molecule has 0 aliphatic rings. The van der Waals surface area contributed by atoms with Crippen LogP contribution in [0.4, 0.5) is 5.95 Å². The fraction of sp³-hybridized carbons (Fsp3) is 0.346. The van der Waals surface area contributed by atoms with Crippen molar-refractivity contribution in [2.24, 2.45) is 0 Å². The molecule has 0 aliphatic heterocycles. The molecule has 9 nitrogen and oxygen atoms in total. The van der Waals surface area contributed by atoms with Gasteiger partial charge in [0.05, 0.1) is 35.7 Å². The van der Waals surface area contributed by atoms with Crippen molar-refractivity contribution in [3.05, 3.63) is 54.4 Å². The van der Waals surface area contributed by atoms with E-state index in [4.69, 9.17) is 10.5 Å². The summed E-state index contributed by atoms with van der Waals surface area (Å²) in [5, 5.41) is -0.692. The molecule has 2 aromatic heterocycles. The molecule has 2 aromatic carbocycles. The Balaban J connectivity index is 1.94. The fourth-order valence-electron chi connectivity index (χ4n) is 3.92. The molecule has 2 N–H and O–H groups in total. The third kappa shape index (κ3) is 4.98. The van der Waals surface area contributed by atoms with Crippen LogP contribution in [-0.4, -0.2) is 52.3 Å². The second-order valence-electron chi connectivity index (χ2n) is 10.4. The summed E-state index contributed by atoms with van der Waals surface area (Å²) in [5.74, 6) is 0.122. The normalized spacial score (nSPS) is 13.4. The predicted molar refractivity (Wildman–Crippen MR) is 150 cm³/mol. The smallest absolute Gasteiger partial charge is 0.244 e. The van der Waals surface area contributed by atoms with Crippen LogP contribution in [0.2, 0.25) is 19.6 Å². The minimum absolute atomic E-state index is 0.0522. The summed E-state index contributed by atoms with van der Waals surface area (Å²) in [6.07, 6.45) is 0.711. The first-order valence-corrected chi connectivity index (χ1v) is 17.2. The second-order valence-corrected chi connectivity index (χ2v) is 18.3. The van der Waals surface area contributed by atoms with Gasteiger partial charge in [-0.05, 0) is 32.9 Å². The molecule has 0 saturated heterocycles. The molecule has 1 unspecified atom stereocenters. The number of carbonyl (C=O) groups excluding carboxylic acids is 1. The Kier molecular flexibility index (Phi) is 7.15. The molecule has 196 valence electrons. The molecule has 0 amide bonds. The van der Waals surface area contributed by atoms with Gasteiger partial charge in [0.25, 0.3) is 0 Å². The van der Waals surface area contributed by atoms with Crippen LogP contribution in [0, 0.1) is 0 Å². The Labute approximate surface area is 218 Å². The van der Waals surface area contributed by atoms with Crippen LogP contribution in [-0.2, 0) is 21.5 Å². The molecule has 0 fully saturated rings. The van der Waals surface area contributed by atoms with E-state index in [1.54, 1.807) is 36.6 Å². The number of nitrogen functional groups attached to an aromatic ring is 1. The molecule has 11 heteroatoms. The quantitative estimate of drug-likeness (QED) is 0.240. The molecular weight excluding hydrogens is 506 g/mol. The minimum atomic E-state index is -3.76. The van der Waals surface area contributed by atoms with Gasteiger partial charge < -0.3 is 10.5 Å². The molecule has 37 heavy (non-hydrogen) atoms. The highest BCUT2D eigenvalue weighted by molar-refractivity contribution is 7.90. The lowest BCUT2D eigenvalue weighted by atomic mass is 10.0. The Hall–Kier alpha value is -3.28. The number of anilines is 1. The van der Waals surface area contributed by atoms with Gasteiger partial charge in [-0.25, -0.2) is 22.4 Å². The number of carbonyl (C=O) groups is 1. The van der Waals surface area contributed by atoms with Gasteiger partial charge in [0.1, 0.15) is 6.73 Å². The maximum atomic E-state index is 13.1. The van der Waals surface area contributed by atoms with Crippen molar-refractivity contribution < 1.29 is 17.9 Å². The number of nitrogens with zero attached hydrogens (tertiary/aromatic N) is 4. The Morgan fingerprint density at radius 1 is 1.03 bits per heavy atom. The summed E-state index contributed by atoms with van der Waals surface area (Å²) in [5.41, 5.74) is 9.62. The number of benzene rings is 2. The number of aromatic nitrogens is 4. The molecule has 0 spiro atoms. The van der Waals surface area contributed by atoms with Crippen molar-refractivity contribution in [3.8, 4) is 22.5 Å². The summed E-state index contributed by atoms with van der Waals surface area (Å²) in [6, 6.07) is 14.9. The van der Waals surface area contributed by atoms with Crippen LogP contribution in [0.3, 0.4) is 0 Å². The molecule has 4 aromatic rings. The van der Waals surface area contributed by atoms with Crippen LogP contribution >= 0.6 is 0 Å². The zero-order valence-electron chi connectivity index (χ0n) is 22.0. The van der Waals surface area contributed by atoms with Crippen molar-refractivity contribution in [1.82, 2.24) is 18.5 Å². The number of ether oxygens (including phenoxy) is 1. The first kappa shape index (κ1) is 26.8. The monoisotopic (exact) mass is 539 g/mol. The number of rotatable bonds is 9. The van der Waals surface area contributed by atoms with Crippen molar-refractivity contribution in [2.75, 3.05) is 5.73 Å². The van der Waals surface area contributed by atoms with E-state index in [1.807, 2.05) is 30.3 Å². The maximum absolute atomic E-state index is 13.1. The van der Waals surface area contributed by atoms with E-state index in [1.165, 1.54) is 0 Å². The van der Waals surface area contributed by atoms with Crippen LogP contribution in [0.15, 0.2) is 48.5 Å². The summed E-state index contributed by atoms with van der Waals surface area (Å²) >= 11 is 0. The van der Waals surface area contributed by atoms with Gasteiger partial charge >= 0.3 is 0 Å². The topological polar surface area (TPSA) is 122 Å². The van der Waals surface area contributed by atoms with E-state index < -0.39 is 23.3 Å². The Bertz CT molecular complexity index is 1550. The largest absolute Gasteiger partial charge is 0.368 e. The number of fused-ring (bicyclic) bond motifs is 1. The lowest BCUT2D eigenvalue weighted by molar-refractivity contribution is 0.0557. The van der Waals surface area contributed by atoms with Crippen molar-refractivity contribution in [2.45, 2.75) is 58.1 Å². The fourth-order valence-corrected chi connectivity index (χ4v) is 5.63. The average Bonchev–Trinajstić information content (AvgIpc) is 3.38. The third-order valence-corrected chi connectivity index (χ3v) is 11.3. The average molecular weight is 540 g/mol. The van der Waals surface area contributed by atoms with Crippen molar-refractivity contribution in [1.29, 1.82) is 0 Å². The van der Waals surface area contributed by atoms with Gasteiger partial charge in [-0.2, -0.15) is 0 Å². The van der Waals surface area contributed by atoms with E-state index in [0.29, 0.717) is 34.3 Å². The molecule has 2 heterocycles. The van der Waals surface area contributed by atoms with Gasteiger partial charge in [-0.15, -0.1) is 0 Å². The van der Waals surface area contributed by atoms with Gasteiger partial charge in [0.2, 0.25) is 16.0 Å². The Morgan fingerprint density at radius 3 is 2.30 bits per heavy atom. The zero-order valence-corrected chi connectivity index (χ0v) is 23.8. The predicted octanol–water partition coefficient (Wildman–Crippen LogP) is 4.79. The summed E-state index contributed by atoms with van der Waals surface area (Å²) < 4.78 is 35.2. The molecule has 0 saturated carbocycles. The first-order valence-electron chi connectivity index (χ1n) is 12.1. The van der Waals surface area contributed by atoms with E-state index in [0.717, 1.165) is 9.54 Å². The highest BCUT2D eigenvalue weighted by atomic mass is 32.2. The van der Waals surface area contributed by atoms with Gasteiger partial charge in [0, 0.05) is 16.9 Å². The van der Waals surface area contributed by atoms with Gasteiger partial charge in [0.15, 0.2) is 12.1 Å². The van der Waals surface area contributed by atoms with Crippen molar-refractivity contribution in [3.63, 3.8) is 0 Å². The Morgan fingerprint density at radius 2 is 1.70 bits per heavy atom. The van der Waals surface area contributed by atoms with Crippen LogP contribution in [0.25, 0.3) is 33.5 Å². The molecule has 0 aliphatic carbocycles. The maximum Gasteiger partial charge on any atom is 0.244 e. The SMILES string of the molecule is CC(OCn1c(C=O)nc(-c2ccc3nc(N)n(S(=O)(=O)C(C)C)c3c2)c1-c1ccccc1)[Si](C)(C)C. The molecule has 1 atom stereocenters. The van der Waals surface area contributed by atoms with E-state index in [9.17, 15) is 13.2 Å². The highest BCUT2D eigenvalue weighted by Gasteiger charge is 2.27. The highest BCUT2D eigenvalue weighted by Crippen LogP contribution is 2.35. The van der Waals surface area contributed by atoms with Crippen LogP contribution in [0.1, 0.15) is 31.4 Å². The lowest BCUT2D eigenvalue weighted by Gasteiger charge is -2.26. The van der Waals surface area contributed by atoms with Gasteiger partial charge in [-0.1, -0.05) is 56.0 Å². The van der Waals surface area contributed by atoms with E-state index in [-0.39, 0.29) is 24.2 Å². The summed E-state index contributed by atoms with van der Waals surface area (Å²) in [4.78, 5) is 21.1. The summed E-state index contributed by atoms with van der Waals surface area (Å²) in [7, 11) is -5.34. The molecule has 0 bridgehead atoms. The number of hydrogen-bond acceptors (Lipinski definition) is 7. The first-order chi connectivity index (χ1) is 17.4. The number of nitrogens with two attached hydrogens (primary N) is 1. The third-order valence-electron chi connectivity index (χ3n) is 6.58. The van der Waals surface area contributed by atoms with Crippen LogP contribution < -0.4 is 5.73 Å². The molecule has 0 radical (unpaired) electrons. The number of hydrogen-bond donors (Lipinski definition) is 1. The van der Waals surface area contributed by atoms with Crippen molar-refractivity contribution >= 4 is 41.4 Å². The van der Waals surface area contributed by atoms with Crippen LogP contribution in [0.5, 0.6) is 0 Å². The standard InChI is InChI=1S/C26H33N5O4SSi/c1-17(2)36(33,34)31-22-14-20(12-13-21(22)28-26(31)27)24-25(19-10-8-7-9-11-19)30(23(15-32)29-24)16-35-18(3)37(4,5)6/h7-15,17-18H,16H2,1-6H3,(H2,27,28). The summed E-state index contributed by atoms with van der Waals surface area (Å²) in [6.45, 7) is 12.1. The van der Waals surface area contributed by atoms with E-state index in [2.05, 4.69) is 36.5 Å². The molecular formula is C26H33N5O4SSi. The lowest BCUT2D eigenvalue weighted by Crippen LogP contribution is -2.38. The minimum Gasteiger partial charge on any atom is -0.368 e. The zero-order chi connectivity index (χ0) is 27.1. The van der Waals surface area contributed by atoms with Gasteiger partial charge in [-0.3, -0.25) is 9.36 Å². The second kappa shape index (κ2) is 9.88. The van der Waals surface area contributed by atoms with E-state index >= 15 is 0 Å². The molecule has 4 rings (SSSR count).